The molecule has 3 aromatic rings. The summed E-state index contributed by atoms with van der Waals surface area (Å²) in [5, 5.41) is 12.2. The first kappa shape index (κ1) is 19.9. The fraction of sp³-hybridized carbons (Fsp3) is 0.158. The number of hydrogen-bond acceptors (Lipinski definition) is 6. The van der Waals surface area contributed by atoms with Crippen molar-refractivity contribution in [2.75, 3.05) is 14.2 Å². The average Bonchev–Trinajstić information content (AvgIpc) is 2.68. The molecular weight excluding hydrogens is 407 g/mol. The standard InChI is InChI=1S/C19H14Cl2N2O5/c1-27-18-11(7-8-24)16(21)19(28-2)17-15(18)12(9-14(20)22-17)10-5-3-4-6-13(10)23(25)26/h3-6,8-9H,7H2,1-2H3. The highest BCUT2D eigenvalue weighted by Gasteiger charge is 2.26. The minimum atomic E-state index is -0.485. The van der Waals surface area contributed by atoms with E-state index in [0.29, 0.717) is 28.4 Å². The molecule has 0 N–H and O–H groups in total. The summed E-state index contributed by atoms with van der Waals surface area (Å²) in [5.74, 6) is 0.488. The Bertz CT molecular complexity index is 1100. The molecular formula is C19H14Cl2N2O5. The lowest BCUT2D eigenvalue weighted by atomic mass is 9.96. The lowest BCUT2D eigenvalue weighted by Crippen LogP contribution is -2.02. The normalized spacial score (nSPS) is 10.7. The van der Waals surface area contributed by atoms with E-state index in [9.17, 15) is 14.9 Å². The number of nitrogens with zero attached hydrogens (tertiary/aromatic N) is 2. The molecule has 9 heteroatoms. The first-order valence-electron chi connectivity index (χ1n) is 8.04. The molecule has 0 aliphatic heterocycles. The third-order valence-corrected chi connectivity index (χ3v) is 4.85. The van der Waals surface area contributed by atoms with Gasteiger partial charge in [0, 0.05) is 23.6 Å². The first-order valence-corrected chi connectivity index (χ1v) is 8.80. The van der Waals surface area contributed by atoms with Gasteiger partial charge in [-0.1, -0.05) is 35.3 Å². The number of hydrogen-bond donors (Lipinski definition) is 0. The molecule has 0 saturated carbocycles. The third kappa shape index (κ3) is 3.23. The van der Waals surface area contributed by atoms with E-state index < -0.39 is 4.92 Å². The SMILES string of the molecule is COc1c(Cl)c(CC=O)c(OC)c2c(-c3ccccc3[N+](=O)[O-])cc(Cl)nc12. The fourth-order valence-corrected chi connectivity index (χ4v) is 3.67. The highest BCUT2D eigenvalue weighted by molar-refractivity contribution is 6.35. The molecule has 0 spiro atoms. The van der Waals surface area contributed by atoms with Crippen LogP contribution >= 0.6 is 23.2 Å². The summed E-state index contributed by atoms with van der Waals surface area (Å²) in [6, 6.07) is 7.74. The Morgan fingerprint density at radius 2 is 1.82 bits per heavy atom. The zero-order valence-corrected chi connectivity index (χ0v) is 16.4. The number of nitro benzene ring substituents is 1. The zero-order valence-electron chi connectivity index (χ0n) is 14.9. The number of rotatable bonds is 6. The molecule has 0 aliphatic carbocycles. The van der Waals surface area contributed by atoms with Crippen LogP contribution in [-0.2, 0) is 11.2 Å². The van der Waals surface area contributed by atoms with Crippen molar-refractivity contribution in [2.45, 2.75) is 6.42 Å². The van der Waals surface area contributed by atoms with Gasteiger partial charge in [-0.2, -0.15) is 0 Å². The molecule has 0 amide bonds. The summed E-state index contributed by atoms with van der Waals surface area (Å²) in [6.45, 7) is 0. The Hall–Kier alpha value is -2.90. The summed E-state index contributed by atoms with van der Waals surface area (Å²) in [7, 11) is 2.83. The number of benzene rings is 2. The fourth-order valence-electron chi connectivity index (χ4n) is 3.15. The lowest BCUT2D eigenvalue weighted by molar-refractivity contribution is -0.384. The van der Waals surface area contributed by atoms with Crippen molar-refractivity contribution in [1.82, 2.24) is 4.98 Å². The van der Waals surface area contributed by atoms with Gasteiger partial charge in [0.25, 0.3) is 5.69 Å². The van der Waals surface area contributed by atoms with Crippen LogP contribution in [0.2, 0.25) is 10.2 Å². The van der Waals surface area contributed by atoms with Gasteiger partial charge in [-0.25, -0.2) is 4.98 Å². The van der Waals surface area contributed by atoms with Crippen molar-refractivity contribution in [1.29, 1.82) is 0 Å². The second-order valence-corrected chi connectivity index (χ2v) is 6.49. The largest absolute Gasteiger partial charge is 0.496 e. The number of methoxy groups -OCH3 is 2. The molecule has 7 nitrogen and oxygen atoms in total. The number of para-hydroxylation sites is 1. The van der Waals surface area contributed by atoms with Gasteiger partial charge in [0.2, 0.25) is 0 Å². The molecule has 28 heavy (non-hydrogen) atoms. The van der Waals surface area contributed by atoms with Crippen molar-refractivity contribution in [3.05, 3.63) is 56.2 Å². The maximum Gasteiger partial charge on any atom is 0.277 e. The van der Waals surface area contributed by atoms with E-state index in [-0.39, 0.29) is 39.3 Å². The Kier molecular flexibility index (Phi) is 5.67. The van der Waals surface area contributed by atoms with E-state index in [0.717, 1.165) is 0 Å². The summed E-state index contributed by atoms with van der Waals surface area (Å²) >= 11 is 12.6. The highest BCUT2D eigenvalue weighted by Crippen LogP contribution is 2.48. The van der Waals surface area contributed by atoms with Crippen LogP contribution in [-0.4, -0.2) is 30.4 Å². The van der Waals surface area contributed by atoms with Crippen LogP contribution in [0, 0.1) is 10.1 Å². The van der Waals surface area contributed by atoms with Crippen molar-refractivity contribution < 1.29 is 19.2 Å². The molecule has 0 fully saturated rings. The number of nitro groups is 1. The predicted octanol–water partition coefficient (Wildman–Crippen LogP) is 4.88. The number of aldehydes is 1. The molecule has 3 rings (SSSR count). The molecule has 0 aliphatic rings. The van der Waals surface area contributed by atoms with E-state index in [1.807, 2.05) is 0 Å². The second kappa shape index (κ2) is 8.00. The van der Waals surface area contributed by atoms with E-state index in [1.54, 1.807) is 18.2 Å². The lowest BCUT2D eigenvalue weighted by Gasteiger charge is -2.18. The molecule has 1 heterocycles. The van der Waals surface area contributed by atoms with Gasteiger partial charge in [-0.05, 0) is 12.1 Å². The topological polar surface area (TPSA) is 91.6 Å². The van der Waals surface area contributed by atoms with E-state index >= 15 is 0 Å². The smallest absolute Gasteiger partial charge is 0.277 e. The zero-order chi connectivity index (χ0) is 20.4. The molecule has 0 atom stereocenters. The predicted molar refractivity (Wildman–Crippen MR) is 107 cm³/mol. The molecule has 1 aromatic heterocycles. The number of pyridine rings is 1. The van der Waals surface area contributed by atoms with Crippen LogP contribution in [0.15, 0.2) is 30.3 Å². The van der Waals surface area contributed by atoms with Gasteiger partial charge >= 0.3 is 0 Å². The number of halogens is 2. The van der Waals surface area contributed by atoms with Crippen LogP contribution in [0.25, 0.3) is 22.0 Å². The molecule has 144 valence electrons. The van der Waals surface area contributed by atoms with Gasteiger partial charge in [-0.3, -0.25) is 10.1 Å². The molecule has 0 bridgehead atoms. The quantitative estimate of drug-likeness (QED) is 0.244. The van der Waals surface area contributed by atoms with Crippen LogP contribution in [0.4, 0.5) is 5.69 Å². The summed E-state index contributed by atoms with van der Waals surface area (Å²) in [5.41, 5.74) is 1.30. The first-order chi connectivity index (χ1) is 13.4. The van der Waals surface area contributed by atoms with Crippen molar-refractivity contribution in [3.63, 3.8) is 0 Å². The minimum Gasteiger partial charge on any atom is -0.496 e. The van der Waals surface area contributed by atoms with Crippen LogP contribution in [0.5, 0.6) is 11.5 Å². The van der Waals surface area contributed by atoms with E-state index in [2.05, 4.69) is 4.98 Å². The van der Waals surface area contributed by atoms with Crippen LogP contribution in [0.3, 0.4) is 0 Å². The van der Waals surface area contributed by atoms with Crippen LogP contribution in [0.1, 0.15) is 5.56 Å². The third-order valence-electron chi connectivity index (χ3n) is 4.26. The van der Waals surface area contributed by atoms with Gasteiger partial charge in [0.15, 0.2) is 5.75 Å². The highest BCUT2D eigenvalue weighted by atomic mass is 35.5. The number of aromatic nitrogens is 1. The summed E-state index contributed by atoms with van der Waals surface area (Å²) < 4.78 is 11.0. The average molecular weight is 421 g/mol. The molecule has 0 radical (unpaired) electrons. The Morgan fingerprint density at radius 3 is 2.43 bits per heavy atom. The monoisotopic (exact) mass is 420 g/mol. The second-order valence-electron chi connectivity index (χ2n) is 5.72. The van der Waals surface area contributed by atoms with Gasteiger partial charge in [-0.15, -0.1) is 0 Å². The van der Waals surface area contributed by atoms with E-state index in [1.165, 1.54) is 26.4 Å². The molecule has 0 saturated heterocycles. The van der Waals surface area contributed by atoms with Gasteiger partial charge < -0.3 is 14.3 Å². The van der Waals surface area contributed by atoms with Gasteiger partial charge in [0.1, 0.15) is 22.7 Å². The Balaban J connectivity index is 2.57. The minimum absolute atomic E-state index is 0.0345. The van der Waals surface area contributed by atoms with Gasteiger partial charge in [0.05, 0.1) is 35.1 Å². The van der Waals surface area contributed by atoms with E-state index in [4.69, 9.17) is 32.7 Å². The number of fused-ring (bicyclic) bond motifs is 1. The summed E-state index contributed by atoms with van der Waals surface area (Å²) in [6.07, 6.45) is 0.649. The number of ether oxygens (including phenoxy) is 2. The van der Waals surface area contributed by atoms with Crippen molar-refractivity contribution >= 4 is 46.1 Å². The van der Waals surface area contributed by atoms with Crippen molar-refractivity contribution in [3.8, 4) is 22.6 Å². The maximum atomic E-state index is 11.6. The molecule has 2 aromatic carbocycles. The number of carbonyl (C=O) groups is 1. The Morgan fingerprint density at radius 1 is 1.14 bits per heavy atom. The van der Waals surface area contributed by atoms with Crippen molar-refractivity contribution in [2.24, 2.45) is 0 Å². The maximum absolute atomic E-state index is 11.6. The molecule has 0 unspecified atom stereocenters. The summed E-state index contributed by atoms with van der Waals surface area (Å²) in [4.78, 5) is 26.6. The van der Waals surface area contributed by atoms with Crippen LogP contribution < -0.4 is 9.47 Å². The number of carbonyl (C=O) groups excluding carboxylic acids is 1. The Labute approximate surface area is 169 Å².